The standard InChI is InChI=1S/C23H25N5O4/c29-22(27-11-13-28(14-12-27)23(30)20-4-2-16-32-20)17-7-9-26(10-8-17)21-6-5-18(24-25-21)19-3-1-15-31-19/h1-6,15-17H,7-14H2. The summed E-state index contributed by atoms with van der Waals surface area (Å²) in [4.78, 5) is 31.2. The number of hydrogen-bond acceptors (Lipinski definition) is 7. The maximum atomic E-state index is 13.0. The third kappa shape index (κ3) is 4.10. The van der Waals surface area contributed by atoms with Crippen LogP contribution in [0.2, 0.25) is 0 Å². The molecule has 0 spiro atoms. The summed E-state index contributed by atoms with van der Waals surface area (Å²) in [5, 5.41) is 8.60. The van der Waals surface area contributed by atoms with Crippen molar-refractivity contribution in [1.82, 2.24) is 20.0 Å². The van der Waals surface area contributed by atoms with Crippen LogP contribution >= 0.6 is 0 Å². The molecule has 0 aliphatic carbocycles. The predicted molar refractivity (Wildman–Crippen MR) is 116 cm³/mol. The van der Waals surface area contributed by atoms with E-state index in [2.05, 4.69) is 15.1 Å². The van der Waals surface area contributed by atoms with Crippen LogP contribution in [0.1, 0.15) is 23.4 Å². The van der Waals surface area contributed by atoms with E-state index in [1.54, 1.807) is 23.3 Å². The molecule has 9 heteroatoms. The Labute approximate surface area is 185 Å². The summed E-state index contributed by atoms with van der Waals surface area (Å²) in [5.41, 5.74) is 0.702. The molecule has 0 aromatic carbocycles. The Bertz CT molecular complexity index is 1030. The molecule has 0 saturated carbocycles. The van der Waals surface area contributed by atoms with Crippen molar-refractivity contribution >= 4 is 17.6 Å². The molecule has 2 aliphatic heterocycles. The Morgan fingerprint density at radius 1 is 0.812 bits per heavy atom. The van der Waals surface area contributed by atoms with Crippen molar-refractivity contribution in [2.45, 2.75) is 12.8 Å². The molecule has 3 aromatic rings. The largest absolute Gasteiger partial charge is 0.463 e. The third-order valence-corrected chi connectivity index (χ3v) is 6.20. The lowest BCUT2D eigenvalue weighted by molar-refractivity contribution is -0.137. The summed E-state index contributed by atoms with van der Waals surface area (Å²) in [6.07, 6.45) is 4.68. The van der Waals surface area contributed by atoms with Crippen LogP contribution in [0.25, 0.3) is 11.5 Å². The SMILES string of the molecule is O=C(c1ccco1)N1CCN(C(=O)C2CCN(c3ccc(-c4ccco4)nn3)CC2)CC1. The number of carbonyl (C=O) groups excluding carboxylic acids is 2. The zero-order chi connectivity index (χ0) is 21.9. The first kappa shape index (κ1) is 20.3. The summed E-state index contributed by atoms with van der Waals surface area (Å²) in [7, 11) is 0. The number of amides is 2. The lowest BCUT2D eigenvalue weighted by atomic mass is 9.95. The zero-order valence-electron chi connectivity index (χ0n) is 17.7. The fraction of sp³-hybridized carbons (Fsp3) is 0.391. The molecule has 0 unspecified atom stereocenters. The molecule has 2 aliphatic rings. The molecule has 5 heterocycles. The number of aromatic nitrogens is 2. The fourth-order valence-corrected chi connectivity index (χ4v) is 4.35. The van der Waals surface area contributed by atoms with Crippen LogP contribution in [-0.2, 0) is 4.79 Å². The molecule has 0 N–H and O–H groups in total. The Kier molecular flexibility index (Phi) is 5.62. The van der Waals surface area contributed by atoms with Gasteiger partial charge in [0.2, 0.25) is 5.91 Å². The van der Waals surface area contributed by atoms with E-state index in [1.807, 2.05) is 29.2 Å². The van der Waals surface area contributed by atoms with Gasteiger partial charge in [0.15, 0.2) is 17.3 Å². The second kappa shape index (κ2) is 8.86. The van der Waals surface area contributed by atoms with Crippen molar-refractivity contribution in [1.29, 1.82) is 0 Å². The Morgan fingerprint density at radius 2 is 1.53 bits per heavy atom. The lowest BCUT2D eigenvalue weighted by Gasteiger charge is -2.38. The zero-order valence-corrected chi connectivity index (χ0v) is 17.7. The molecule has 166 valence electrons. The highest BCUT2D eigenvalue weighted by molar-refractivity contribution is 5.91. The number of furan rings is 2. The van der Waals surface area contributed by atoms with E-state index >= 15 is 0 Å². The van der Waals surface area contributed by atoms with Crippen LogP contribution in [-0.4, -0.2) is 71.1 Å². The smallest absolute Gasteiger partial charge is 0.289 e. The number of anilines is 1. The van der Waals surface area contributed by atoms with E-state index in [1.165, 1.54) is 6.26 Å². The quantitative estimate of drug-likeness (QED) is 0.621. The van der Waals surface area contributed by atoms with Crippen LogP contribution in [0.15, 0.2) is 57.8 Å². The van der Waals surface area contributed by atoms with E-state index < -0.39 is 0 Å². The Morgan fingerprint density at radius 3 is 2.16 bits per heavy atom. The van der Waals surface area contributed by atoms with Gasteiger partial charge in [-0.25, -0.2) is 0 Å². The predicted octanol–water partition coefficient (Wildman–Crippen LogP) is 2.53. The Balaban J connectivity index is 1.11. The Hall–Kier alpha value is -3.62. The fourth-order valence-electron chi connectivity index (χ4n) is 4.35. The molecule has 9 nitrogen and oxygen atoms in total. The number of piperidine rings is 1. The minimum Gasteiger partial charge on any atom is -0.463 e. The molecule has 2 fully saturated rings. The van der Waals surface area contributed by atoms with Crippen LogP contribution in [0.5, 0.6) is 0 Å². The lowest BCUT2D eigenvalue weighted by Crippen LogP contribution is -2.53. The number of carbonyl (C=O) groups is 2. The monoisotopic (exact) mass is 435 g/mol. The van der Waals surface area contributed by atoms with E-state index in [9.17, 15) is 9.59 Å². The van der Waals surface area contributed by atoms with E-state index in [0.717, 1.165) is 31.7 Å². The number of piperazine rings is 1. The summed E-state index contributed by atoms with van der Waals surface area (Å²) in [5.74, 6) is 1.94. The van der Waals surface area contributed by atoms with Crippen LogP contribution in [0.3, 0.4) is 0 Å². The molecular formula is C23H25N5O4. The molecule has 0 bridgehead atoms. The highest BCUT2D eigenvalue weighted by atomic mass is 16.3. The number of rotatable bonds is 4. The van der Waals surface area contributed by atoms with Gasteiger partial charge in [-0.3, -0.25) is 9.59 Å². The second-order valence-corrected chi connectivity index (χ2v) is 8.11. The van der Waals surface area contributed by atoms with Gasteiger partial charge in [-0.2, -0.15) is 0 Å². The molecule has 32 heavy (non-hydrogen) atoms. The topological polar surface area (TPSA) is 95.9 Å². The first-order valence-electron chi connectivity index (χ1n) is 10.9. The van der Waals surface area contributed by atoms with E-state index in [0.29, 0.717) is 43.4 Å². The van der Waals surface area contributed by atoms with Crippen molar-refractivity contribution in [3.05, 3.63) is 54.7 Å². The van der Waals surface area contributed by atoms with Gasteiger partial charge in [-0.05, 0) is 49.2 Å². The van der Waals surface area contributed by atoms with Gasteiger partial charge in [-0.15, -0.1) is 10.2 Å². The number of nitrogens with zero attached hydrogens (tertiary/aromatic N) is 5. The minimum absolute atomic E-state index is 0.00827. The highest BCUT2D eigenvalue weighted by Gasteiger charge is 2.32. The minimum atomic E-state index is -0.116. The van der Waals surface area contributed by atoms with Crippen molar-refractivity contribution in [3.8, 4) is 11.5 Å². The molecule has 0 radical (unpaired) electrons. The second-order valence-electron chi connectivity index (χ2n) is 8.11. The maximum Gasteiger partial charge on any atom is 0.289 e. The summed E-state index contributed by atoms with van der Waals surface area (Å²) in [6, 6.07) is 10.9. The summed E-state index contributed by atoms with van der Waals surface area (Å²) >= 11 is 0. The van der Waals surface area contributed by atoms with Crippen molar-refractivity contribution in [3.63, 3.8) is 0 Å². The van der Waals surface area contributed by atoms with Crippen LogP contribution in [0, 0.1) is 5.92 Å². The van der Waals surface area contributed by atoms with E-state index in [-0.39, 0.29) is 17.7 Å². The van der Waals surface area contributed by atoms with Gasteiger partial charge < -0.3 is 23.5 Å². The molecule has 0 atom stereocenters. The first-order chi connectivity index (χ1) is 15.7. The summed E-state index contributed by atoms with van der Waals surface area (Å²) < 4.78 is 10.6. The third-order valence-electron chi connectivity index (χ3n) is 6.20. The van der Waals surface area contributed by atoms with Crippen molar-refractivity contribution in [2.24, 2.45) is 5.92 Å². The first-order valence-corrected chi connectivity index (χ1v) is 10.9. The molecule has 5 rings (SSSR count). The van der Waals surface area contributed by atoms with Gasteiger partial charge in [0.1, 0.15) is 5.69 Å². The van der Waals surface area contributed by atoms with Gasteiger partial charge >= 0.3 is 0 Å². The van der Waals surface area contributed by atoms with Gasteiger partial charge in [0, 0.05) is 45.2 Å². The van der Waals surface area contributed by atoms with Gasteiger partial charge in [0.25, 0.3) is 5.91 Å². The van der Waals surface area contributed by atoms with Gasteiger partial charge in [-0.1, -0.05) is 0 Å². The van der Waals surface area contributed by atoms with Crippen molar-refractivity contribution in [2.75, 3.05) is 44.2 Å². The summed E-state index contributed by atoms with van der Waals surface area (Å²) in [6.45, 7) is 3.71. The molecule has 2 saturated heterocycles. The average molecular weight is 435 g/mol. The van der Waals surface area contributed by atoms with Crippen LogP contribution in [0.4, 0.5) is 5.82 Å². The normalized spacial score (nSPS) is 17.6. The van der Waals surface area contributed by atoms with Gasteiger partial charge in [0.05, 0.1) is 12.5 Å². The van der Waals surface area contributed by atoms with E-state index in [4.69, 9.17) is 8.83 Å². The maximum absolute atomic E-state index is 13.0. The van der Waals surface area contributed by atoms with Crippen molar-refractivity contribution < 1.29 is 18.4 Å². The molecule has 3 aromatic heterocycles. The average Bonchev–Trinajstić information content (AvgIpc) is 3.58. The molecule has 2 amide bonds. The number of hydrogen-bond donors (Lipinski definition) is 0. The highest BCUT2D eigenvalue weighted by Crippen LogP contribution is 2.25. The van der Waals surface area contributed by atoms with Crippen LogP contribution < -0.4 is 4.90 Å². The molecular weight excluding hydrogens is 410 g/mol.